The molecule has 0 amide bonds. The maximum atomic E-state index is 11.2. The summed E-state index contributed by atoms with van der Waals surface area (Å²) in [6.07, 6.45) is 2.66. The van der Waals surface area contributed by atoms with Gasteiger partial charge in [0.1, 0.15) is 12.4 Å². The van der Waals surface area contributed by atoms with Crippen LogP contribution in [0.25, 0.3) is 0 Å². The van der Waals surface area contributed by atoms with E-state index < -0.39 is 16.8 Å². The van der Waals surface area contributed by atoms with Crippen LogP contribution in [-0.4, -0.2) is 32.5 Å². The number of anilines is 1. The summed E-state index contributed by atoms with van der Waals surface area (Å²) in [4.78, 5) is 28.6. The molecule has 1 unspecified atom stereocenters. The Balaban J connectivity index is 2.63. The second-order valence-electron chi connectivity index (χ2n) is 5.70. The van der Waals surface area contributed by atoms with Crippen LogP contribution in [0.2, 0.25) is 0 Å². The van der Waals surface area contributed by atoms with Crippen molar-refractivity contribution in [1.29, 1.82) is 0 Å². The minimum absolute atomic E-state index is 0.110. The molecule has 20 heavy (non-hydrogen) atoms. The van der Waals surface area contributed by atoms with E-state index in [0.29, 0.717) is 6.42 Å². The first-order valence-corrected chi connectivity index (χ1v) is 6.12. The molecule has 1 aromatic heterocycles. The van der Waals surface area contributed by atoms with Crippen LogP contribution in [0.15, 0.2) is 12.4 Å². The number of aromatic nitrogens is 2. The highest BCUT2D eigenvalue weighted by Crippen LogP contribution is 2.24. The summed E-state index contributed by atoms with van der Waals surface area (Å²) in [6.45, 7) is 6.06. The van der Waals surface area contributed by atoms with Gasteiger partial charge in [-0.25, -0.2) is 9.97 Å². The molecule has 0 aliphatic rings. The van der Waals surface area contributed by atoms with E-state index in [1.54, 1.807) is 0 Å². The SMILES string of the molecule is CC(C)(C)CC(CNc1ncc([N+](=O)[O-])cn1)C(=O)O. The summed E-state index contributed by atoms with van der Waals surface area (Å²) in [6, 6.07) is 0. The Kier molecular flexibility index (Phi) is 4.95. The lowest BCUT2D eigenvalue weighted by atomic mass is 9.84. The van der Waals surface area contributed by atoms with Crippen molar-refractivity contribution in [3.8, 4) is 0 Å². The lowest BCUT2D eigenvalue weighted by molar-refractivity contribution is -0.385. The number of aliphatic carboxylic acids is 1. The molecule has 0 fully saturated rings. The van der Waals surface area contributed by atoms with Gasteiger partial charge in [-0.1, -0.05) is 20.8 Å². The zero-order chi connectivity index (χ0) is 15.3. The number of hydrogen-bond donors (Lipinski definition) is 2. The zero-order valence-corrected chi connectivity index (χ0v) is 11.7. The smallest absolute Gasteiger partial charge is 0.308 e. The molecule has 0 radical (unpaired) electrons. The lowest BCUT2D eigenvalue weighted by Gasteiger charge is -2.23. The van der Waals surface area contributed by atoms with Crippen molar-refractivity contribution in [2.75, 3.05) is 11.9 Å². The molecule has 2 N–H and O–H groups in total. The molecule has 1 atom stereocenters. The molecule has 0 spiro atoms. The molecule has 1 aromatic rings. The quantitative estimate of drug-likeness (QED) is 0.604. The largest absolute Gasteiger partial charge is 0.481 e. The number of hydrogen-bond acceptors (Lipinski definition) is 6. The van der Waals surface area contributed by atoms with E-state index in [4.69, 9.17) is 5.11 Å². The van der Waals surface area contributed by atoms with Crippen LogP contribution < -0.4 is 5.32 Å². The monoisotopic (exact) mass is 282 g/mol. The summed E-state index contributed by atoms with van der Waals surface area (Å²) >= 11 is 0. The molecule has 0 aromatic carbocycles. The molecule has 1 heterocycles. The highest BCUT2D eigenvalue weighted by Gasteiger charge is 2.24. The third kappa shape index (κ3) is 5.17. The zero-order valence-electron chi connectivity index (χ0n) is 11.7. The van der Waals surface area contributed by atoms with E-state index in [0.717, 1.165) is 12.4 Å². The molecule has 0 saturated carbocycles. The summed E-state index contributed by atoms with van der Waals surface area (Å²) in [5, 5.41) is 22.4. The minimum atomic E-state index is -0.894. The Morgan fingerprint density at radius 1 is 1.45 bits per heavy atom. The van der Waals surface area contributed by atoms with E-state index in [-0.39, 0.29) is 23.6 Å². The first kappa shape index (κ1) is 15.8. The Morgan fingerprint density at radius 2 is 2.00 bits per heavy atom. The van der Waals surface area contributed by atoms with Crippen molar-refractivity contribution in [3.63, 3.8) is 0 Å². The van der Waals surface area contributed by atoms with Crippen molar-refractivity contribution in [1.82, 2.24) is 9.97 Å². The van der Waals surface area contributed by atoms with Gasteiger partial charge in [-0.05, 0) is 11.8 Å². The second-order valence-corrected chi connectivity index (χ2v) is 5.70. The number of nitrogens with zero attached hydrogens (tertiary/aromatic N) is 3. The van der Waals surface area contributed by atoms with Crippen molar-refractivity contribution in [2.24, 2.45) is 11.3 Å². The maximum absolute atomic E-state index is 11.2. The third-order valence-electron chi connectivity index (χ3n) is 2.56. The highest BCUT2D eigenvalue weighted by molar-refractivity contribution is 5.70. The van der Waals surface area contributed by atoms with Crippen LogP contribution in [0.4, 0.5) is 11.6 Å². The number of rotatable bonds is 6. The summed E-state index contributed by atoms with van der Waals surface area (Å²) in [5.41, 5.74) is -0.318. The molecule has 0 saturated heterocycles. The molecule has 0 aliphatic carbocycles. The number of carbonyl (C=O) groups is 1. The van der Waals surface area contributed by atoms with E-state index >= 15 is 0 Å². The normalized spacial score (nSPS) is 12.8. The summed E-state index contributed by atoms with van der Waals surface area (Å²) in [7, 11) is 0. The van der Waals surface area contributed by atoms with E-state index in [1.165, 1.54) is 0 Å². The predicted molar refractivity (Wildman–Crippen MR) is 72.4 cm³/mol. The van der Waals surface area contributed by atoms with Crippen molar-refractivity contribution in [3.05, 3.63) is 22.5 Å². The van der Waals surface area contributed by atoms with Crippen LogP contribution in [0.5, 0.6) is 0 Å². The first-order chi connectivity index (χ1) is 9.19. The number of nitrogens with one attached hydrogen (secondary N) is 1. The fourth-order valence-electron chi connectivity index (χ4n) is 1.71. The molecular formula is C12H18N4O4. The van der Waals surface area contributed by atoms with E-state index in [2.05, 4.69) is 15.3 Å². The van der Waals surface area contributed by atoms with Gasteiger partial charge in [0.15, 0.2) is 0 Å². The second kappa shape index (κ2) is 6.27. The van der Waals surface area contributed by atoms with Gasteiger partial charge in [-0.3, -0.25) is 14.9 Å². The number of carboxylic acids is 1. The van der Waals surface area contributed by atoms with Gasteiger partial charge in [0.05, 0.1) is 10.8 Å². The van der Waals surface area contributed by atoms with Gasteiger partial charge in [-0.2, -0.15) is 0 Å². The fourth-order valence-corrected chi connectivity index (χ4v) is 1.71. The summed E-state index contributed by atoms with van der Waals surface area (Å²) < 4.78 is 0. The Bertz CT molecular complexity index is 481. The van der Waals surface area contributed by atoms with Crippen LogP contribution in [-0.2, 0) is 4.79 Å². The molecule has 0 bridgehead atoms. The van der Waals surface area contributed by atoms with E-state index in [9.17, 15) is 14.9 Å². The van der Waals surface area contributed by atoms with Crippen molar-refractivity contribution in [2.45, 2.75) is 27.2 Å². The van der Waals surface area contributed by atoms with Gasteiger partial charge in [0.2, 0.25) is 5.95 Å². The van der Waals surface area contributed by atoms with Gasteiger partial charge in [0, 0.05) is 6.54 Å². The fraction of sp³-hybridized carbons (Fsp3) is 0.583. The standard InChI is InChI=1S/C12H18N4O4/c1-12(2,3)4-8(10(17)18)5-13-11-14-6-9(7-15-11)16(19)20/h6-8H,4-5H2,1-3H3,(H,17,18)(H,13,14,15). The van der Waals surface area contributed by atoms with Gasteiger partial charge in [0.25, 0.3) is 0 Å². The van der Waals surface area contributed by atoms with Crippen LogP contribution in [0.3, 0.4) is 0 Å². The third-order valence-corrected chi connectivity index (χ3v) is 2.56. The summed E-state index contributed by atoms with van der Waals surface area (Å²) in [5.74, 6) is -1.29. The molecular weight excluding hydrogens is 264 g/mol. The molecule has 8 nitrogen and oxygen atoms in total. The molecule has 1 rings (SSSR count). The van der Waals surface area contributed by atoms with Gasteiger partial charge >= 0.3 is 11.7 Å². The van der Waals surface area contributed by atoms with Gasteiger partial charge < -0.3 is 10.4 Å². The highest BCUT2D eigenvalue weighted by atomic mass is 16.6. The van der Waals surface area contributed by atoms with Crippen LogP contribution in [0.1, 0.15) is 27.2 Å². The number of nitro groups is 1. The molecule has 0 aliphatic heterocycles. The van der Waals surface area contributed by atoms with Crippen LogP contribution in [0, 0.1) is 21.4 Å². The van der Waals surface area contributed by atoms with Crippen LogP contribution >= 0.6 is 0 Å². The topological polar surface area (TPSA) is 118 Å². The molecule has 110 valence electrons. The number of carboxylic acid groups (broad SMARTS) is 1. The predicted octanol–water partition coefficient (Wildman–Crippen LogP) is 1.93. The average molecular weight is 282 g/mol. The Hall–Kier alpha value is -2.25. The van der Waals surface area contributed by atoms with E-state index in [1.807, 2.05) is 20.8 Å². The van der Waals surface area contributed by atoms with Crippen molar-refractivity contribution < 1.29 is 14.8 Å². The first-order valence-electron chi connectivity index (χ1n) is 6.12. The lowest BCUT2D eigenvalue weighted by Crippen LogP contribution is -2.27. The van der Waals surface area contributed by atoms with Crippen molar-refractivity contribution >= 4 is 17.6 Å². The average Bonchev–Trinajstić information content (AvgIpc) is 2.33. The minimum Gasteiger partial charge on any atom is -0.481 e. The molecule has 8 heteroatoms. The van der Waals surface area contributed by atoms with Gasteiger partial charge in [-0.15, -0.1) is 0 Å². The Labute approximate surface area is 116 Å². The maximum Gasteiger partial charge on any atom is 0.308 e. The Morgan fingerprint density at radius 3 is 2.40 bits per heavy atom.